The number of nitro benzene ring substituents is 1. The predicted molar refractivity (Wildman–Crippen MR) is 96.0 cm³/mol. The molecule has 27 heavy (non-hydrogen) atoms. The minimum Gasteiger partial charge on any atom is -0.368 e. The fourth-order valence-corrected chi connectivity index (χ4v) is 2.42. The molecular formula is C17H15ClF3N3O3. The van der Waals surface area contributed by atoms with Crippen LogP contribution in [0.3, 0.4) is 0 Å². The van der Waals surface area contributed by atoms with Gasteiger partial charge in [0.2, 0.25) is 5.91 Å². The minimum atomic E-state index is -4.71. The molecule has 0 heterocycles. The molecule has 0 aliphatic rings. The summed E-state index contributed by atoms with van der Waals surface area (Å²) in [5, 5.41) is 16.7. The molecule has 2 N–H and O–H groups in total. The maximum absolute atomic E-state index is 12.7. The number of amides is 1. The van der Waals surface area contributed by atoms with Crippen LogP contribution in [-0.4, -0.2) is 16.9 Å². The van der Waals surface area contributed by atoms with Gasteiger partial charge in [0, 0.05) is 16.8 Å². The Morgan fingerprint density at radius 2 is 1.85 bits per heavy atom. The van der Waals surface area contributed by atoms with Crippen molar-refractivity contribution in [3.05, 3.63) is 62.7 Å². The average Bonchev–Trinajstić information content (AvgIpc) is 2.57. The first-order valence-electron chi connectivity index (χ1n) is 7.68. The number of alkyl halides is 3. The van der Waals surface area contributed by atoms with Crippen LogP contribution in [0, 0.1) is 17.0 Å². The molecule has 0 aliphatic heterocycles. The van der Waals surface area contributed by atoms with Crippen molar-refractivity contribution in [1.82, 2.24) is 0 Å². The van der Waals surface area contributed by atoms with Crippen molar-refractivity contribution in [1.29, 1.82) is 0 Å². The molecule has 0 spiro atoms. The highest BCUT2D eigenvalue weighted by Crippen LogP contribution is 2.35. The number of halogens is 4. The Kier molecular flexibility index (Phi) is 5.94. The molecule has 0 bridgehead atoms. The lowest BCUT2D eigenvalue weighted by Gasteiger charge is -2.17. The van der Waals surface area contributed by atoms with Gasteiger partial charge < -0.3 is 10.6 Å². The lowest BCUT2D eigenvalue weighted by atomic mass is 10.1. The van der Waals surface area contributed by atoms with Crippen LogP contribution in [-0.2, 0) is 11.0 Å². The molecule has 0 aromatic heterocycles. The number of carbonyl (C=O) groups excluding carboxylic acids is 1. The summed E-state index contributed by atoms with van der Waals surface area (Å²) in [6.07, 6.45) is -4.71. The molecule has 144 valence electrons. The van der Waals surface area contributed by atoms with Gasteiger partial charge in [-0.1, -0.05) is 17.7 Å². The quantitative estimate of drug-likeness (QED) is 0.544. The summed E-state index contributed by atoms with van der Waals surface area (Å²) in [5.74, 6) is -0.533. The van der Waals surface area contributed by atoms with Crippen LogP contribution in [0.25, 0.3) is 0 Å². The number of nitrogens with one attached hydrogen (secondary N) is 2. The third kappa shape index (κ3) is 5.10. The highest BCUT2D eigenvalue weighted by atomic mass is 35.5. The summed E-state index contributed by atoms with van der Waals surface area (Å²) in [6, 6.07) is 6.00. The van der Waals surface area contributed by atoms with Gasteiger partial charge in [0.05, 0.1) is 10.5 Å². The summed E-state index contributed by atoms with van der Waals surface area (Å²) in [5.41, 5.74) is -0.906. The first-order valence-corrected chi connectivity index (χ1v) is 8.06. The van der Waals surface area contributed by atoms with Gasteiger partial charge in [-0.2, -0.15) is 13.2 Å². The normalized spacial score (nSPS) is 12.4. The molecule has 6 nitrogen and oxygen atoms in total. The molecule has 0 radical (unpaired) electrons. The zero-order valence-corrected chi connectivity index (χ0v) is 15.0. The van der Waals surface area contributed by atoms with Crippen molar-refractivity contribution < 1.29 is 22.9 Å². The largest absolute Gasteiger partial charge is 0.416 e. The molecule has 2 aromatic rings. The maximum atomic E-state index is 12.7. The topological polar surface area (TPSA) is 84.3 Å². The van der Waals surface area contributed by atoms with Gasteiger partial charge in [-0.3, -0.25) is 14.9 Å². The van der Waals surface area contributed by atoms with Gasteiger partial charge >= 0.3 is 6.18 Å². The molecule has 1 atom stereocenters. The monoisotopic (exact) mass is 401 g/mol. The fraction of sp³-hybridized carbons (Fsp3) is 0.235. The molecule has 2 rings (SSSR count). The summed E-state index contributed by atoms with van der Waals surface area (Å²) in [4.78, 5) is 22.5. The van der Waals surface area contributed by atoms with Crippen molar-refractivity contribution in [2.75, 3.05) is 10.6 Å². The predicted octanol–water partition coefficient (Wildman–Crippen LogP) is 5.01. The van der Waals surface area contributed by atoms with Crippen molar-refractivity contribution in [3.63, 3.8) is 0 Å². The minimum absolute atomic E-state index is 0.196. The zero-order valence-electron chi connectivity index (χ0n) is 14.2. The Hall–Kier alpha value is -2.81. The lowest BCUT2D eigenvalue weighted by Crippen LogP contribution is -2.32. The van der Waals surface area contributed by atoms with E-state index in [0.717, 1.165) is 11.6 Å². The van der Waals surface area contributed by atoms with Gasteiger partial charge in [-0.15, -0.1) is 0 Å². The van der Waals surface area contributed by atoms with Gasteiger partial charge in [0.1, 0.15) is 11.7 Å². The van der Waals surface area contributed by atoms with Crippen LogP contribution in [0.4, 0.5) is 30.2 Å². The second-order valence-electron chi connectivity index (χ2n) is 5.80. The number of aryl methyl sites for hydroxylation is 1. The number of hydrogen-bond donors (Lipinski definition) is 2. The van der Waals surface area contributed by atoms with E-state index < -0.39 is 34.3 Å². The first kappa shape index (κ1) is 20.5. The lowest BCUT2D eigenvalue weighted by molar-refractivity contribution is -0.384. The fourth-order valence-electron chi connectivity index (χ4n) is 2.25. The zero-order chi connectivity index (χ0) is 20.4. The van der Waals surface area contributed by atoms with E-state index in [1.165, 1.54) is 6.92 Å². The van der Waals surface area contributed by atoms with Crippen LogP contribution in [0.15, 0.2) is 36.4 Å². The van der Waals surface area contributed by atoms with Crippen molar-refractivity contribution >= 4 is 34.6 Å². The van der Waals surface area contributed by atoms with E-state index in [9.17, 15) is 28.1 Å². The number of carbonyl (C=O) groups is 1. The molecule has 1 amide bonds. The van der Waals surface area contributed by atoms with E-state index in [1.807, 2.05) is 0 Å². The summed E-state index contributed by atoms with van der Waals surface area (Å²) in [6.45, 7) is 3.18. The van der Waals surface area contributed by atoms with Crippen molar-refractivity contribution in [2.24, 2.45) is 0 Å². The number of hydrogen-bond acceptors (Lipinski definition) is 4. The average molecular weight is 402 g/mol. The Labute approximate surface area is 157 Å². The number of nitro groups is 1. The van der Waals surface area contributed by atoms with Crippen LogP contribution in [0.2, 0.25) is 5.02 Å². The third-order valence-electron chi connectivity index (χ3n) is 3.74. The van der Waals surface area contributed by atoms with E-state index in [-0.39, 0.29) is 5.69 Å². The van der Waals surface area contributed by atoms with E-state index >= 15 is 0 Å². The molecule has 0 fully saturated rings. The third-order valence-corrected chi connectivity index (χ3v) is 3.98. The Balaban J connectivity index is 2.21. The first-order chi connectivity index (χ1) is 12.5. The van der Waals surface area contributed by atoms with Crippen LogP contribution in [0.5, 0.6) is 0 Å². The molecule has 0 unspecified atom stereocenters. The summed E-state index contributed by atoms with van der Waals surface area (Å²) in [7, 11) is 0. The van der Waals surface area contributed by atoms with Gasteiger partial charge in [0.25, 0.3) is 5.69 Å². The molecule has 2 aromatic carbocycles. The number of anilines is 2. The van der Waals surface area contributed by atoms with Crippen LogP contribution < -0.4 is 10.6 Å². The highest BCUT2D eigenvalue weighted by molar-refractivity contribution is 6.31. The number of benzene rings is 2. The van der Waals surface area contributed by atoms with Gasteiger partial charge in [-0.25, -0.2) is 0 Å². The van der Waals surface area contributed by atoms with E-state index in [2.05, 4.69) is 10.6 Å². The molecular weight excluding hydrogens is 387 g/mol. The summed E-state index contributed by atoms with van der Waals surface area (Å²) < 4.78 is 38.2. The number of nitrogens with zero attached hydrogens (tertiary/aromatic N) is 1. The maximum Gasteiger partial charge on any atom is 0.416 e. The second-order valence-corrected chi connectivity index (χ2v) is 6.24. The Bertz CT molecular complexity index is 887. The molecule has 0 aliphatic carbocycles. The van der Waals surface area contributed by atoms with Crippen molar-refractivity contribution in [3.8, 4) is 0 Å². The van der Waals surface area contributed by atoms with E-state index in [1.54, 1.807) is 25.1 Å². The van der Waals surface area contributed by atoms with Gasteiger partial charge in [-0.05, 0) is 43.7 Å². The van der Waals surface area contributed by atoms with Crippen LogP contribution in [0.1, 0.15) is 18.1 Å². The molecule has 0 saturated carbocycles. The highest BCUT2D eigenvalue weighted by Gasteiger charge is 2.33. The number of rotatable bonds is 5. The molecule has 0 saturated heterocycles. The Morgan fingerprint density at radius 3 is 2.44 bits per heavy atom. The van der Waals surface area contributed by atoms with Crippen LogP contribution >= 0.6 is 11.6 Å². The SMILES string of the molecule is Cc1ccc(Cl)cc1NC(=O)[C@H](C)Nc1ccc(C(F)(F)F)cc1[N+](=O)[O-]. The van der Waals surface area contributed by atoms with Gasteiger partial charge in [0.15, 0.2) is 0 Å². The second kappa shape index (κ2) is 7.83. The van der Waals surface area contributed by atoms with E-state index in [4.69, 9.17) is 11.6 Å². The molecule has 10 heteroatoms. The summed E-state index contributed by atoms with van der Waals surface area (Å²) >= 11 is 5.88. The van der Waals surface area contributed by atoms with E-state index in [0.29, 0.717) is 22.8 Å². The Morgan fingerprint density at radius 1 is 1.19 bits per heavy atom. The van der Waals surface area contributed by atoms with Crippen molar-refractivity contribution in [2.45, 2.75) is 26.1 Å². The smallest absolute Gasteiger partial charge is 0.368 e. The standard InChI is InChI=1S/C17H15ClF3N3O3/c1-9-3-5-12(18)8-14(9)23-16(25)10(2)22-13-6-4-11(17(19,20)21)7-15(13)24(26)27/h3-8,10,22H,1-2H3,(H,23,25)/t10-/m0/s1.